The van der Waals surface area contributed by atoms with Crippen molar-refractivity contribution in [2.45, 2.75) is 177 Å². The third kappa shape index (κ3) is 12.5. The van der Waals surface area contributed by atoms with Gasteiger partial charge in [-0.2, -0.15) is 0 Å². The van der Waals surface area contributed by atoms with Gasteiger partial charge in [0, 0.05) is 25.6 Å². The quantitative estimate of drug-likeness (QED) is 0.0479. The second-order valence-corrected chi connectivity index (χ2v) is 15.5. The number of hydrogen-bond donors (Lipinski definition) is 11. The van der Waals surface area contributed by atoms with E-state index in [1.807, 2.05) is 4.98 Å². The monoisotopic (exact) mass is 830 g/mol. The molecule has 16 atom stereocenters. The van der Waals surface area contributed by atoms with Crippen LogP contribution in [0.4, 0.5) is 0 Å². The minimum atomic E-state index is -1.85. The number of rotatable bonds is 20. The summed E-state index contributed by atoms with van der Waals surface area (Å²) < 4.78 is 24.1. The number of nitrogens with zero attached hydrogens (tertiary/aromatic N) is 1. The van der Waals surface area contributed by atoms with Gasteiger partial charge in [0.2, 0.25) is 11.8 Å². The lowest BCUT2D eigenvalue weighted by Gasteiger charge is -2.47. The number of amides is 2. The highest BCUT2D eigenvalue weighted by Crippen LogP contribution is 2.34. The number of H-pyrrole nitrogens is 1. The number of nitrogens with one attached hydrogen (secondary N) is 3. The Labute approximate surface area is 335 Å². The van der Waals surface area contributed by atoms with Crippen molar-refractivity contribution < 1.29 is 69.4 Å². The van der Waals surface area contributed by atoms with Gasteiger partial charge in [-0.1, -0.05) is 64.9 Å². The van der Waals surface area contributed by atoms with Crippen LogP contribution >= 0.6 is 0 Å². The highest BCUT2D eigenvalue weighted by atomic mass is 16.8. The van der Waals surface area contributed by atoms with Crippen LogP contribution in [0.2, 0.25) is 0 Å². The number of aliphatic hydroxyl groups excluding tert-OH is 8. The second kappa shape index (κ2) is 22.5. The topological polar surface area (TPSA) is 312 Å². The zero-order valence-corrected chi connectivity index (χ0v) is 33.1. The molecule has 4 heterocycles. The van der Waals surface area contributed by atoms with Gasteiger partial charge in [0.05, 0.1) is 18.8 Å². The second-order valence-electron chi connectivity index (χ2n) is 15.5. The lowest BCUT2D eigenvalue weighted by Crippen LogP contribution is -2.68. The Morgan fingerprint density at radius 2 is 1.47 bits per heavy atom. The fraction of sp³-hybridized carbons (Fsp3) is 0.789. The summed E-state index contributed by atoms with van der Waals surface area (Å²) in [6, 6.07) is -2.01. The summed E-state index contributed by atoms with van der Waals surface area (Å²) in [5.41, 5.74) is -1.68. The molecule has 1 aromatic rings. The van der Waals surface area contributed by atoms with E-state index in [4.69, 9.17) is 18.9 Å². The van der Waals surface area contributed by atoms with E-state index in [1.165, 1.54) is 31.8 Å². The maximum atomic E-state index is 13.1. The van der Waals surface area contributed by atoms with Crippen molar-refractivity contribution in [3.8, 4) is 0 Å². The molecule has 0 aromatic carbocycles. The molecule has 11 N–H and O–H groups in total. The molecule has 58 heavy (non-hydrogen) atoms. The van der Waals surface area contributed by atoms with Crippen LogP contribution in [0, 0.1) is 5.92 Å². The van der Waals surface area contributed by atoms with Gasteiger partial charge in [0.1, 0.15) is 60.9 Å². The van der Waals surface area contributed by atoms with Crippen LogP contribution in [0.15, 0.2) is 34.0 Å². The summed E-state index contributed by atoms with van der Waals surface area (Å²) in [5, 5.41) is 91.4. The smallest absolute Gasteiger partial charge is 0.330 e. The molecule has 0 aliphatic carbocycles. The van der Waals surface area contributed by atoms with Gasteiger partial charge < -0.3 is 70.4 Å². The van der Waals surface area contributed by atoms with Crippen molar-refractivity contribution in [2.24, 2.45) is 5.92 Å². The number of ether oxygens (including phenoxy) is 4. The van der Waals surface area contributed by atoms with Gasteiger partial charge in [0.25, 0.3) is 5.56 Å². The summed E-state index contributed by atoms with van der Waals surface area (Å²) >= 11 is 0. The largest absolute Gasteiger partial charge is 0.394 e. The lowest BCUT2D eigenvalue weighted by molar-refractivity contribution is -0.346. The third-order valence-corrected chi connectivity index (χ3v) is 11.1. The molecule has 2 amide bonds. The Hall–Kier alpha value is -3.12. The van der Waals surface area contributed by atoms with E-state index in [0.717, 1.165) is 55.4 Å². The summed E-state index contributed by atoms with van der Waals surface area (Å²) in [6.07, 6.45) is -9.03. The molecule has 20 nitrogen and oxygen atoms in total. The summed E-state index contributed by atoms with van der Waals surface area (Å²) in [5.74, 6) is -0.613. The maximum Gasteiger partial charge on any atom is 0.330 e. The first-order valence-electron chi connectivity index (χ1n) is 20.1. The molecule has 3 aliphatic rings. The van der Waals surface area contributed by atoms with E-state index >= 15 is 0 Å². The first-order valence-corrected chi connectivity index (χ1v) is 20.1. The minimum absolute atomic E-state index is 0.598. The van der Waals surface area contributed by atoms with Crippen LogP contribution in [0.25, 0.3) is 0 Å². The Morgan fingerprint density at radius 1 is 0.862 bits per heavy atom. The fourth-order valence-corrected chi connectivity index (χ4v) is 7.42. The highest BCUT2D eigenvalue weighted by molar-refractivity contribution is 5.87. The Morgan fingerprint density at radius 3 is 2.09 bits per heavy atom. The predicted octanol–water partition coefficient (Wildman–Crippen LogP) is -2.48. The molecule has 330 valence electrons. The number of carbonyl (C=O) groups is 2. The van der Waals surface area contributed by atoms with Crippen molar-refractivity contribution in [2.75, 3.05) is 6.61 Å². The highest BCUT2D eigenvalue weighted by Gasteiger charge is 2.53. The van der Waals surface area contributed by atoms with Crippen molar-refractivity contribution in [1.82, 2.24) is 20.2 Å². The molecular weight excluding hydrogens is 768 g/mol. The lowest BCUT2D eigenvalue weighted by atomic mass is 9.91. The van der Waals surface area contributed by atoms with Crippen LogP contribution in [0.3, 0.4) is 0 Å². The molecule has 0 bridgehead atoms. The van der Waals surface area contributed by atoms with Gasteiger partial charge in [-0.15, -0.1) is 0 Å². The summed E-state index contributed by atoms with van der Waals surface area (Å²) in [4.78, 5) is 51.1. The maximum absolute atomic E-state index is 13.1. The van der Waals surface area contributed by atoms with Crippen molar-refractivity contribution >= 4 is 11.8 Å². The number of aliphatic hydroxyl groups is 8. The number of allylic oxidation sites excluding steroid dienone is 1. The van der Waals surface area contributed by atoms with Gasteiger partial charge >= 0.3 is 5.69 Å². The number of carbonyl (C=O) groups excluding carboxylic acids is 2. The number of aromatic amines is 1. The van der Waals surface area contributed by atoms with Crippen LogP contribution in [0.1, 0.15) is 91.2 Å². The standard InChI is InChI=1S/C38H62N4O16/c1-4-19(2)13-11-9-7-5-6-8-10-12-14-24(46)40-27-31(51)28(48)22(55-37(27)58-36-26(39-20(3)44)30(50)29(49)23(18-43)56-36)17-21(45)34-32(52)33(53)35(57-34)42-16-15-25(47)41-38(42)54/h12,14-16,19,21-23,26-37,43,45,48-53H,4-11,13,17-18H2,1-3H3,(H,39,44)(H,40,46)(H,41,47,54)/b14-12+/t19-,21+,22-,23-,26+,27-,28-,29-,30+,31-,32-,33+,34-,35-,36+,37+/m0/s1. The van der Waals surface area contributed by atoms with Gasteiger partial charge in [-0.05, 0) is 24.8 Å². The average molecular weight is 831 g/mol. The molecule has 0 saturated carbocycles. The number of aromatic nitrogens is 2. The van der Waals surface area contributed by atoms with Crippen molar-refractivity contribution in [1.29, 1.82) is 0 Å². The van der Waals surface area contributed by atoms with E-state index in [0.29, 0.717) is 6.42 Å². The summed E-state index contributed by atoms with van der Waals surface area (Å²) in [7, 11) is 0. The Balaban J connectivity index is 1.46. The first kappa shape index (κ1) is 47.6. The number of unbranched alkanes of at least 4 members (excludes halogenated alkanes) is 6. The third-order valence-electron chi connectivity index (χ3n) is 11.1. The molecule has 0 unspecified atom stereocenters. The molecule has 0 spiro atoms. The Kier molecular flexibility index (Phi) is 18.4. The van der Waals surface area contributed by atoms with Gasteiger partial charge in [0.15, 0.2) is 18.8 Å². The number of hydrogen-bond acceptors (Lipinski definition) is 16. The molecule has 3 aliphatic heterocycles. The molecule has 3 saturated heterocycles. The molecule has 20 heteroatoms. The van der Waals surface area contributed by atoms with Crippen molar-refractivity contribution in [3.63, 3.8) is 0 Å². The molecule has 1 aromatic heterocycles. The fourth-order valence-electron chi connectivity index (χ4n) is 7.42. The molecule has 3 fully saturated rings. The molecular formula is C38H62N4O16. The van der Waals surface area contributed by atoms with Crippen LogP contribution in [-0.4, -0.2) is 155 Å². The van der Waals surface area contributed by atoms with Crippen molar-refractivity contribution in [3.05, 3.63) is 45.3 Å². The Bertz CT molecular complexity index is 1590. The van der Waals surface area contributed by atoms with E-state index < -0.39 is 128 Å². The zero-order valence-electron chi connectivity index (χ0n) is 33.1. The van der Waals surface area contributed by atoms with Crippen LogP contribution in [-0.2, 0) is 28.5 Å². The average Bonchev–Trinajstić information content (AvgIpc) is 3.48. The summed E-state index contributed by atoms with van der Waals surface area (Å²) in [6.45, 7) is 4.80. The van der Waals surface area contributed by atoms with Gasteiger partial charge in [-0.25, -0.2) is 4.79 Å². The first-order chi connectivity index (χ1) is 27.6. The van der Waals surface area contributed by atoms with Crippen LogP contribution < -0.4 is 21.9 Å². The van der Waals surface area contributed by atoms with E-state index in [-0.39, 0.29) is 0 Å². The normalized spacial score (nSPS) is 35.2. The predicted molar refractivity (Wildman–Crippen MR) is 202 cm³/mol. The SMILES string of the molecule is CC[C@H](C)CCCCCCCC/C=C/C(=O)N[C@@H]1[C@@H](O[C@H]2O[C@@H](CO)[C@H](O)[C@H](O)[C@H]2NC(C)=O)O[C@@H](C[C@@H](O)[C@@H]2O[C@H](n3ccc(=O)[nH]c3=O)[C@H](O)[C@@H]2O)[C@H](O)[C@H]1O. The minimum Gasteiger partial charge on any atom is -0.394 e. The molecule has 0 radical (unpaired) electrons. The van der Waals surface area contributed by atoms with Crippen LogP contribution in [0.5, 0.6) is 0 Å². The molecule has 4 rings (SSSR count). The van der Waals surface area contributed by atoms with E-state index in [2.05, 4.69) is 24.5 Å². The zero-order chi connectivity index (χ0) is 42.7. The van der Waals surface area contributed by atoms with E-state index in [9.17, 15) is 60.0 Å². The van der Waals surface area contributed by atoms with E-state index in [1.54, 1.807) is 6.08 Å². The van der Waals surface area contributed by atoms with Gasteiger partial charge in [-0.3, -0.25) is 23.9 Å².